The summed E-state index contributed by atoms with van der Waals surface area (Å²) in [6.07, 6.45) is 8.25. The van der Waals surface area contributed by atoms with E-state index >= 15 is 0 Å². The summed E-state index contributed by atoms with van der Waals surface area (Å²) in [6.45, 7) is 4.21. The number of benzene rings is 1. The molecule has 2 heterocycles. The lowest BCUT2D eigenvalue weighted by Crippen LogP contribution is -2.32. The summed E-state index contributed by atoms with van der Waals surface area (Å²) in [4.78, 5) is 2.50. The Morgan fingerprint density at radius 3 is 2.14 bits per heavy atom. The van der Waals surface area contributed by atoms with Gasteiger partial charge in [-0.05, 0) is 66.3 Å². The number of fused-ring (bicyclic) bond motifs is 1. The zero-order valence-corrected chi connectivity index (χ0v) is 17.2. The number of ether oxygens (including phenoxy) is 2. The third-order valence-corrected chi connectivity index (χ3v) is 6.40. The monoisotopic (exact) mass is 385 g/mol. The second-order valence-corrected chi connectivity index (χ2v) is 7.96. The van der Waals surface area contributed by atoms with Crippen LogP contribution in [0.3, 0.4) is 0 Å². The van der Waals surface area contributed by atoms with Crippen molar-refractivity contribution in [2.24, 2.45) is 0 Å². The largest absolute Gasteiger partial charge is 0.493 e. The Kier molecular flexibility index (Phi) is 5.80. The van der Waals surface area contributed by atoms with Crippen LogP contribution in [0, 0.1) is 0 Å². The number of rotatable bonds is 5. The van der Waals surface area contributed by atoms with Gasteiger partial charge in [0.2, 0.25) is 0 Å². The van der Waals surface area contributed by atoms with Gasteiger partial charge in [0.25, 0.3) is 0 Å². The molecule has 7 heteroatoms. The van der Waals surface area contributed by atoms with Crippen LogP contribution >= 0.6 is 0 Å². The van der Waals surface area contributed by atoms with Gasteiger partial charge in [-0.15, -0.1) is 5.10 Å². The predicted octanol–water partition coefficient (Wildman–Crippen LogP) is 3.36. The molecule has 0 spiro atoms. The summed E-state index contributed by atoms with van der Waals surface area (Å²) in [7, 11) is 3.39. The molecular weight excluding hydrogens is 354 g/mol. The molecular formula is C21H31N5O2. The minimum atomic E-state index is 0.204. The molecule has 1 atom stereocenters. The topological polar surface area (TPSA) is 65.3 Å². The molecule has 1 unspecified atom stereocenters. The van der Waals surface area contributed by atoms with Crippen LogP contribution < -0.4 is 9.47 Å². The van der Waals surface area contributed by atoms with Crippen LogP contribution in [0.1, 0.15) is 68.1 Å². The van der Waals surface area contributed by atoms with Crippen molar-refractivity contribution in [3.8, 4) is 11.5 Å². The van der Waals surface area contributed by atoms with Crippen molar-refractivity contribution < 1.29 is 9.47 Å². The smallest absolute Gasteiger partial charge is 0.168 e. The Labute approximate surface area is 167 Å². The molecule has 0 N–H and O–H groups in total. The van der Waals surface area contributed by atoms with Gasteiger partial charge in [-0.2, -0.15) is 0 Å². The molecule has 0 saturated heterocycles. The minimum Gasteiger partial charge on any atom is -0.493 e. The molecule has 0 bridgehead atoms. The highest BCUT2D eigenvalue weighted by Crippen LogP contribution is 2.34. The van der Waals surface area contributed by atoms with E-state index in [0.29, 0.717) is 6.04 Å². The summed E-state index contributed by atoms with van der Waals surface area (Å²) in [5.41, 5.74) is 2.69. The first-order valence-electron chi connectivity index (χ1n) is 10.5. The Hall–Kier alpha value is -2.15. The van der Waals surface area contributed by atoms with Crippen LogP contribution in [-0.4, -0.2) is 52.4 Å². The highest BCUT2D eigenvalue weighted by atomic mass is 16.5. The zero-order valence-electron chi connectivity index (χ0n) is 17.2. The number of nitrogens with zero attached hydrogens (tertiary/aromatic N) is 5. The van der Waals surface area contributed by atoms with E-state index < -0.39 is 0 Å². The molecule has 7 nitrogen and oxygen atoms in total. The summed E-state index contributed by atoms with van der Waals surface area (Å²) in [5, 5.41) is 12.8. The first-order chi connectivity index (χ1) is 13.7. The van der Waals surface area contributed by atoms with Gasteiger partial charge in [0, 0.05) is 13.1 Å². The van der Waals surface area contributed by atoms with E-state index in [1.165, 1.54) is 43.2 Å². The highest BCUT2D eigenvalue weighted by molar-refractivity contribution is 5.48. The summed E-state index contributed by atoms with van der Waals surface area (Å²) in [6, 6.07) is 4.93. The average Bonchev–Trinajstić information content (AvgIpc) is 3.14. The van der Waals surface area contributed by atoms with Gasteiger partial charge in [-0.25, -0.2) is 4.68 Å². The molecule has 1 aromatic heterocycles. The van der Waals surface area contributed by atoms with Crippen LogP contribution in [-0.2, 0) is 12.8 Å². The lowest BCUT2D eigenvalue weighted by Gasteiger charge is -2.29. The van der Waals surface area contributed by atoms with Crippen LogP contribution in [0.2, 0.25) is 0 Å². The van der Waals surface area contributed by atoms with E-state index in [0.717, 1.165) is 43.3 Å². The van der Waals surface area contributed by atoms with Crippen molar-refractivity contribution in [3.63, 3.8) is 0 Å². The van der Waals surface area contributed by atoms with Gasteiger partial charge in [0.05, 0.1) is 26.3 Å². The number of hydrogen-bond donors (Lipinski definition) is 0. The Bertz CT molecular complexity index is 765. The molecule has 1 saturated carbocycles. The third kappa shape index (κ3) is 3.72. The molecule has 0 amide bonds. The fourth-order valence-electron chi connectivity index (χ4n) is 4.68. The summed E-state index contributed by atoms with van der Waals surface area (Å²) >= 11 is 0. The van der Waals surface area contributed by atoms with Gasteiger partial charge in [-0.1, -0.05) is 19.3 Å². The Morgan fingerprint density at radius 1 is 0.964 bits per heavy atom. The maximum absolute atomic E-state index is 5.49. The van der Waals surface area contributed by atoms with E-state index in [9.17, 15) is 0 Å². The van der Waals surface area contributed by atoms with E-state index in [1.54, 1.807) is 14.2 Å². The molecule has 2 aromatic rings. The predicted molar refractivity (Wildman–Crippen MR) is 107 cm³/mol. The standard InChI is InChI=1S/C21H31N5O2/c1-15(21-22-23-24-26(21)18-7-5-4-6-8-18)25-11-9-16-13-19(27-2)20(28-3)14-17(16)10-12-25/h13-15,18H,4-12H2,1-3H3. The third-order valence-electron chi connectivity index (χ3n) is 6.40. The summed E-state index contributed by atoms with van der Waals surface area (Å²) < 4.78 is 13.1. The molecule has 152 valence electrons. The van der Waals surface area contributed by atoms with Crippen molar-refractivity contribution >= 4 is 0 Å². The fourth-order valence-corrected chi connectivity index (χ4v) is 4.68. The first-order valence-corrected chi connectivity index (χ1v) is 10.5. The molecule has 1 fully saturated rings. The number of aromatic nitrogens is 4. The molecule has 1 aliphatic carbocycles. The maximum atomic E-state index is 5.49. The van der Waals surface area contributed by atoms with Crippen molar-refractivity contribution in [3.05, 3.63) is 29.1 Å². The molecule has 1 aliphatic heterocycles. The maximum Gasteiger partial charge on any atom is 0.168 e. The number of methoxy groups -OCH3 is 2. The second kappa shape index (κ2) is 8.47. The van der Waals surface area contributed by atoms with Crippen LogP contribution in [0.5, 0.6) is 11.5 Å². The molecule has 2 aliphatic rings. The second-order valence-electron chi connectivity index (χ2n) is 7.96. The quantitative estimate of drug-likeness (QED) is 0.786. The SMILES string of the molecule is COc1cc2c(cc1OC)CCN(C(C)c1nnnn1C1CCCCC1)CC2. The van der Waals surface area contributed by atoms with Crippen LogP contribution in [0.15, 0.2) is 12.1 Å². The minimum absolute atomic E-state index is 0.204. The van der Waals surface area contributed by atoms with Crippen molar-refractivity contribution in [1.29, 1.82) is 0 Å². The summed E-state index contributed by atoms with van der Waals surface area (Å²) in [5.74, 6) is 2.63. The molecule has 0 radical (unpaired) electrons. The van der Waals surface area contributed by atoms with E-state index in [-0.39, 0.29) is 6.04 Å². The van der Waals surface area contributed by atoms with Crippen molar-refractivity contribution in [2.75, 3.05) is 27.3 Å². The van der Waals surface area contributed by atoms with E-state index in [1.807, 2.05) is 0 Å². The average molecular weight is 386 g/mol. The van der Waals surface area contributed by atoms with Gasteiger partial charge in [-0.3, -0.25) is 4.90 Å². The van der Waals surface area contributed by atoms with Crippen LogP contribution in [0.4, 0.5) is 0 Å². The van der Waals surface area contributed by atoms with Gasteiger partial charge >= 0.3 is 0 Å². The Balaban J connectivity index is 1.51. The molecule has 4 rings (SSSR count). The lowest BCUT2D eigenvalue weighted by atomic mass is 9.95. The van der Waals surface area contributed by atoms with Gasteiger partial charge in [0.1, 0.15) is 0 Å². The Morgan fingerprint density at radius 2 is 1.57 bits per heavy atom. The normalized spacial score (nSPS) is 19.7. The molecule has 28 heavy (non-hydrogen) atoms. The van der Waals surface area contributed by atoms with Gasteiger partial charge in [0.15, 0.2) is 17.3 Å². The van der Waals surface area contributed by atoms with Gasteiger partial charge < -0.3 is 9.47 Å². The highest BCUT2D eigenvalue weighted by Gasteiger charge is 2.28. The number of hydrogen-bond acceptors (Lipinski definition) is 6. The van der Waals surface area contributed by atoms with Crippen LogP contribution in [0.25, 0.3) is 0 Å². The van der Waals surface area contributed by atoms with Crippen molar-refractivity contribution in [1.82, 2.24) is 25.1 Å². The molecule has 1 aromatic carbocycles. The first kappa shape index (κ1) is 19.2. The van der Waals surface area contributed by atoms with Crippen molar-refractivity contribution in [2.45, 2.75) is 64.0 Å². The lowest BCUT2D eigenvalue weighted by molar-refractivity contribution is 0.198. The van der Waals surface area contributed by atoms with E-state index in [4.69, 9.17) is 9.47 Å². The number of tetrazole rings is 1. The fraction of sp³-hybridized carbons (Fsp3) is 0.667. The van der Waals surface area contributed by atoms with E-state index in [2.05, 4.69) is 44.2 Å². The zero-order chi connectivity index (χ0) is 19.5.